The van der Waals surface area contributed by atoms with E-state index in [2.05, 4.69) is 14.8 Å². The summed E-state index contributed by atoms with van der Waals surface area (Å²) in [5.74, 6) is 0. The molecule has 0 amide bonds. The normalized spacial score (nSPS) is 11.5. The molecule has 0 bridgehead atoms. The van der Waals surface area contributed by atoms with Crippen LogP contribution in [0.4, 0.5) is 5.69 Å². The molecule has 0 atom stereocenters. The standard InChI is InChI=1S/C9H8Cl2N4O2S/c1-15-9(7(11)4-13-15)18(16,17)14-8-5-12-3-2-6(8)10/h2-5,14H,1H3. The summed E-state index contributed by atoms with van der Waals surface area (Å²) >= 11 is 11.6. The molecule has 2 heterocycles. The van der Waals surface area contributed by atoms with Crippen LogP contribution in [0, 0.1) is 0 Å². The molecular formula is C9H8Cl2N4O2S. The minimum absolute atomic E-state index is 0.0324. The number of aromatic nitrogens is 3. The fourth-order valence-corrected chi connectivity index (χ4v) is 3.28. The number of rotatable bonds is 3. The van der Waals surface area contributed by atoms with Crippen LogP contribution in [0.1, 0.15) is 0 Å². The second-order valence-corrected chi connectivity index (χ2v) is 5.79. The Morgan fingerprint density at radius 3 is 2.56 bits per heavy atom. The van der Waals surface area contributed by atoms with Crippen molar-refractivity contribution in [3.8, 4) is 0 Å². The minimum Gasteiger partial charge on any atom is -0.275 e. The zero-order chi connectivity index (χ0) is 13.3. The van der Waals surface area contributed by atoms with E-state index in [-0.39, 0.29) is 20.8 Å². The van der Waals surface area contributed by atoms with Crippen molar-refractivity contribution in [3.05, 3.63) is 34.7 Å². The van der Waals surface area contributed by atoms with Gasteiger partial charge in [-0.3, -0.25) is 14.4 Å². The molecule has 2 rings (SSSR count). The summed E-state index contributed by atoms with van der Waals surface area (Å²) in [4.78, 5) is 3.79. The number of anilines is 1. The summed E-state index contributed by atoms with van der Waals surface area (Å²) < 4.78 is 27.7. The lowest BCUT2D eigenvalue weighted by atomic mass is 10.4. The van der Waals surface area contributed by atoms with E-state index in [1.54, 1.807) is 0 Å². The lowest BCUT2D eigenvalue weighted by molar-refractivity contribution is 0.582. The lowest BCUT2D eigenvalue weighted by Gasteiger charge is -2.09. The van der Waals surface area contributed by atoms with Crippen LogP contribution in [0.15, 0.2) is 29.7 Å². The zero-order valence-electron chi connectivity index (χ0n) is 9.13. The van der Waals surface area contributed by atoms with Gasteiger partial charge in [-0.05, 0) is 6.07 Å². The maximum absolute atomic E-state index is 12.1. The predicted molar refractivity (Wildman–Crippen MR) is 68.3 cm³/mol. The lowest BCUT2D eigenvalue weighted by Crippen LogP contribution is -2.17. The monoisotopic (exact) mass is 306 g/mol. The molecule has 1 N–H and O–H groups in total. The van der Waals surface area contributed by atoms with Crippen molar-refractivity contribution in [2.24, 2.45) is 7.05 Å². The summed E-state index contributed by atoms with van der Waals surface area (Å²) in [7, 11) is -2.38. The molecule has 0 aliphatic rings. The van der Waals surface area contributed by atoms with Crippen LogP contribution in [0.3, 0.4) is 0 Å². The number of hydrogen-bond acceptors (Lipinski definition) is 4. The van der Waals surface area contributed by atoms with Gasteiger partial charge in [-0.25, -0.2) is 0 Å². The van der Waals surface area contributed by atoms with E-state index in [4.69, 9.17) is 23.2 Å². The summed E-state index contributed by atoms with van der Waals surface area (Å²) in [6.07, 6.45) is 4.02. The van der Waals surface area contributed by atoms with Gasteiger partial charge >= 0.3 is 0 Å². The van der Waals surface area contributed by atoms with Crippen LogP contribution in [-0.2, 0) is 17.1 Å². The van der Waals surface area contributed by atoms with E-state index in [0.717, 1.165) is 4.68 Å². The Hall–Kier alpha value is -1.31. The maximum atomic E-state index is 12.1. The van der Waals surface area contributed by atoms with Crippen molar-refractivity contribution in [1.29, 1.82) is 0 Å². The third-order valence-corrected chi connectivity index (χ3v) is 4.31. The number of aryl methyl sites for hydroxylation is 1. The summed E-state index contributed by atoms with van der Waals surface area (Å²) in [5.41, 5.74) is 0.177. The molecule has 0 radical (unpaired) electrons. The Kier molecular flexibility index (Phi) is 3.47. The third-order valence-electron chi connectivity index (χ3n) is 2.11. The molecule has 0 aliphatic heterocycles. The number of halogens is 2. The van der Waals surface area contributed by atoms with E-state index in [0.29, 0.717) is 0 Å². The first-order chi connectivity index (χ1) is 8.42. The fourth-order valence-electron chi connectivity index (χ4n) is 1.35. The molecule has 0 fully saturated rings. The van der Waals surface area contributed by atoms with Crippen molar-refractivity contribution in [2.75, 3.05) is 4.72 Å². The van der Waals surface area contributed by atoms with E-state index in [1.165, 1.54) is 31.7 Å². The number of nitrogens with zero attached hydrogens (tertiary/aromatic N) is 3. The Labute approximate surface area is 114 Å². The van der Waals surface area contributed by atoms with Crippen molar-refractivity contribution >= 4 is 38.9 Å². The largest absolute Gasteiger partial charge is 0.280 e. The fraction of sp³-hybridized carbons (Fsp3) is 0.111. The van der Waals surface area contributed by atoms with Gasteiger partial charge in [0.05, 0.1) is 28.1 Å². The smallest absolute Gasteiger partial charge is 0.275 e. The van der Waals surface area contributed by atoms with E-state index in [1.807, 2.05) is 0 Å². The molecule has 96 valence electrons. The van der Waals surface area contributed by atoms with Gasteiger partial charge in [0.1, 0.15) is 0 Å². The Bertz CT molecular complexity index is 664. The first-order valence-electron chi connectivity index (χ1n) is 4.71. The highest BCUT2D eigenvalue weighted by Gasteiger charge is 2.23. The SMILES string of the molecule is Cn1ncc(Cl)c1S(=O)(=O)Nc1cnccc1Cl. The average molecular weight is 307 g/mol. The van der Waals surface area contributed by atoms with Gasteiger partial charge < -0.3 is 0 Å². The number of nitrogens with one attached hydrogen (secondary N) is 1. The van der Waals surface area contributed by atoms with Gasteiger partial charge in [0.15, 0.2) is 5.03 Å². The Morgan fingerprint density at radius 1 is 1.28 bits per heavy atom. The van der Waals surface area contributed by atoms with Gasteiger partial charge in [0.25, 0.3) is 10.0 Å². The molecule has 0 aliphatic carbocycles. The van der Waals surface area contributed by atoms with Crippen LogP contribution in [0.5, 0.6) is 0 Å². The van der Waals surface area contributed by atoms with Crippen molar-refractivity contribution < 1.29 is 8.42 Å². The third kappa shape index (κ3) is 2.43. The second-order valence-electron chi connectivity index (χ2n) is 3.38. The molecule has 0 aromatic carbocycles. The molecular weight excluding hydrogens is 299 g/mol. The quantitative estimate of drug-likeness (QED) is 0.940. The summed E-state index contributed by atoms with van der Waals surface area (Å²) in [5, 5.41) is 3.90. The van der Waals surface area contributed by atoms with Gasteiger partial charge in [-0.2, -0.15) is 13.5 Å². The highest BCUT2D eigenvalue weighted by atomic mass is 35.5. The number of pyridine rings is 1. The van der Waals surface area contributed by atoms with Crippen LogP contribution in [0.2, 0.25) is 10.0 Å². The highest BCUT2D eigenvalue weighted by molar-refractivity contribution is 7.92. The number of hydrogen-bond donors (Lipinski definition) is 1. The zero-order valence-corrected chi connectivity index (χ0v) is 11.5. The van der Waals surface area contributed by atoms with Gasteiger partial charge in [0.2, 0.25) is 0 Å². The molecule has 0 saturated heterocycles. The average Bonchev–Trinajstić information content (AvgIpc) is 2.62. The van der Waals surface area contributed by atoms with Gasteiger partial charge in [-0.15, -0.1) is 0 Å². The topological polar surface area (TPSA) is 76.9 Å². The van der Waals surface area contributed by atoms with Crippen LogP contribution in [0.25, 0.3) is 0 Å². The van der Waals surface area contributed by atoms with E-state index in [9.17, 15) is 8.42 Å². The molecule has 0 unspecified atom stereocenters. The molecule has 2 aromatic rings. The first kappa shape index (κ1) is 13.1. The van der Waals surface area contributed by atoms with E-state index < -0.39 is 10.0 Å². The molecule has 0 spiro atoms. The summed E-state index contributed by atoms with van der Waals surface area (Å²) in [6, 6.07) is 1.48. The van der Waals surface area contributed by atoms with Crippen LogP contribution >= 0.6 is 23.2 Å². The first-order valence-corrected chi connectivity index (χ1v) is 6.95. The van der Waals surface area contributed by atoms with Gasteiger partial charge in [0, 0.05) is 13.2 Å². The second kappa shape index (κ2) is 4.75. The highest BCUT2D eigenvalue weighted by Crippen LogP contribution is 2.25. The minimum atomic E-state index is -3.86. The Balaban J connectivity index is 2.43. The molecule has 0 saturated carbocycles. The Morgan fingerprint density at radius 2 is 2.00 bits per heavy atom. The van der Waals surface area contributed by atoms with Crippen LogP contribution in [-0.4, -0.2) is 23.2 Å². The van der Waals surface area contributed by atoms with Crippen molar-refractivity contribution in [3.63, 3.8) is 0 Å². The molecule has 18 heavy (non-hydrogen) atoms. The number of sulfonamides is 1. The molecule has 6 nitrogen and oxygen atoms in total. The van der Waals surface area contributed by atoms with Gasteiger partial charge in [-0.1, -0.05) is 23.2 Å². The van der Waals surface area contributed by atoms with Crippen molar-refractivity contribution in [1.82, 2.24) is 14.8 Å². The predicted octanol–water partition coefficient (Wildman–Crippen LogP) is 1.92. The van der Waals surface area contributed by atoms with Crippen LogP contribution < -0.4 is 4.72 Å². The molecule has 9 heteroatoms. The van der Waals surface area contributed by atoms with Crippen molar-refractivity contribution in [2.45, 2.75) is 5.03 Å². The van der Waals surface area contributed by atoms with E-state index >= 15 is 0 Å². The summed E-state index contributed by atoms with van der Waals surface area (Å²) in [6.45, 7) is 0. The maximum Gasteiger partial charge on any atom is 0.280 e. The molecule has 2 aromatic heterocycles.